The number of carbonyl (C=O) groups excluding carboxylic acids is 1. The summed E-state index contributed by atoms with van der Waals surface area (Å²) in [5, 5.41) is 22.5. The predicted octanol–water partition coefficient (Wildman–Crippen LogP) is 5.36. The van der Waals surface area contributed by atoms with E-state index in [1.807, 2.05) is 37.6 Å². The van der Waals surface area contributed by atoms with E-state index < -0.39 is 0 Å². The molecule has 2 unspecified atom stereocenters. The zero-order chi connectivity index (χ0) is 24.4. The average molecular weight is 496 g/mol. The van der Waals surface area contributed by atoms with Gasteiger partial charge in [0.2, 0.25) is 5.91 Å². The van der Waals surface area contributed by atoms with E-state index >= 15 is 0 Å². The molecule has 178 valence electrons. The van der Waals surface area contributed by atoms with Crippen LogP contribution in [0, 0.1) is 31.1 Å². The summed E-state index contributed by atoms with van der Waals surface area (Å²) in [5.41, 5.74) is 4.02. The monoisotopic (exact) mass is 495 g/mol. The van der Waals surface area contributed by atoms with E-state index in [-0.39, 0.29) is 17.8 Å². The predicted molar refractivity (Wildman–Crippen MR) is 136 cm³/mol. The van der Waals surface area contributed by atoms with Gasteiger partial charge in [0.25, 0.3) is 0 Å². The van der Waals surface area contributed by atoms with Gasteiger partial charge in [-0.3, -0.25) is 4.79 Å². The number of ether oxygens (including phenoxy) is 1. The summed E-state index contributed by atoms with van der Waals surface area (Å²) in [7, 11) is 1.88. The number of thiophene rings is 1. The number of fused-ring (bicyclic) bond motifs is 1. The van der Waals surface area contributed by atoms with Crippen LogP contribution in [-0.2, 0) is 24.7 Å². The largest absolute Gasteiger partial charge is 0.482 e. The molecule has 2 atom stereocenters. The first-order chi connectivity index (χ1) is 16.3. The summed E-state index contributed by atoms with van der Waals surface area (Å²) < 4.78 is 8.00. The Labute approximate surface area is 208 Å². The molecule has 7 nitrogen and oxygen atoms in total. The second kappa shape index (κ2) is 10.2. The summed E-state index contributed by atoms with van der Waals surface area (Å²) in [6.07, 6.45) is 2.68. The number of anilines is 1. The molecule has 1 aliphatic rings. The fourth-order valence-corrected chi connectivity index (χ4v) is 6.25. The van der Waals surface area contributed by atoms with Crippen molar-refractivity contribution in [3.05, 3.63) is 51.2 Å². The van der Waals surface area contributed by atoms with Gasteiger partial charge in [-0.2, -0.15) is 5.26 Å². The van der Waals surface area contributed by atoms with Crippen molar-refractivity contribution in [2.75, 3.05) is 11.1 Å². The third-order valence-corrected chi connectivity index (χ3v) is 8.49. The van der Waals surface area contributed by atoms with E-state index in [1.54, 1.807) is 11.3 Å². The van der Waals surface area contributed by atoms with Gasteiger partial charge in [-0.05, 0) is 68.7 Å². The molecule has 1 aliphatic carbocycles. The van der Waals surface area contributed by atoms with Gasteiger partial charge in [0.05, 0.1) is 11.3 Å². The minimum atomic E-state index is -0.292. The van der Waals surface area contributed by atoms with Crippen LogP contribution < -0.4 is 10.1 Å². The Hall–Kier alpha value is -2.83. The highest BCUT2D eigenvalue weighted by Gasteiger charge is 2.25. The fourth-order valence-electron chi connectivity index (χ4n) is 4.15. The lowest BCUT2D eigenvalue weighted by atomic mass is 9.89. The normalized spacial score (nSPS) is 15.9. The van der Waals surface area contributed by atoms with Crippen LogP contribution in [0.2, 0.25) is 0 Å². The summed E-state index contributed by atoms with van der Waals surface area (Å²) >= 11 is 2.86. The molecule has 4 rings (SSSR count). The fraction of sp³-hybridized carbons (Fsp3) is 0.440. The molecule has 0 spiro atoms. The number of aryl methyl sites for hydroxylation is 1. The second-order valence-electron chi connectivity index (χ2n) is 8.86. The molecule has 1 amide bonds. The van der Waals surface area contributed by atoms with Crippen LogP contribution in [0.1, 0.15) is 59.3 Å². The maximum absolute atomic E-state index is 12.7. The van der Waals surface area contributed by atoms with Crippen LogP contribution in [-0.4, -0.2) is 26.4 Å². The Balaban J connectivity index is 1.39. The molecular formula is C25H29N5O2S2. The Morgan fingerprint density at radius 2 is 2.21 bits per heavy atom. The van der Waals surface area contributed by atoms with E-state index in [0.717, 1.165) is 36.1 Å². The van der Waals surface area contributed by atoms with Crippen molar-refractivity contribution in [3.63, 3.8) is 0 Å². The number of benzene rings is 1. The van der Waals surface area contributed by atoms with Crippen molar-refractivity contribution >= 4 is 34.0 Å². The molecular weight excluding hydrogens is 466 g/mol. The van der Waals surface area contributed by atoms with E-state index in [1.165, 1.54) is 22.2 Å². The van der Waals surface area contributed by atoms with Crippen molar-refractivity contribution in [2.45, 2.75) is 58.2 Å². The van der Waals surface area contributed by atoms with Crippen LogP contribution in [0.15, 0.2) is 23.4 Å². The Bertz CT molecular complexity index is 1260. The SMILES string of the molecule is Cc1cccc(OC(C)c2nnc(SCC(=O)Nc3sc4c(c3C#N)CCC(C)C4)n2C)c1C. The highest BCUT2D eigenvalue weighted by Crippen LogP contribution is 2.39. The van der Waals surface area contributed by atoms with Crippen molar-refractivity contribution in [1.29, 1.82) is 5.26 Å². The zero-order valence-electron chi connectivity index (χ0n) is 20.1. The first-order valence-electron chi connectivity index (χ1n) is 11.4. The van der Waals surface area contributed by atoms with Gasteiger partial charge in [0.1, 0.15) is 16.8 Å². The number of hydrogen-bond acceptors (Lipinski definition) is 7. The Morgan fingerprint density at radius 3 is 2.97 bits per heavy atom. The number of aromatic nitrogens is 3. The topological polar surface area (TPSA) is 92.8 Å². The van der Waals surface area contributed by atoms with Crippen LogP contribution in [0.25, 0.3) is 0 Å². The third-order valence-electron chi connectivity index (χ3n) is 6.30. The van der Waals surface area contributed by atoms with Crippen molar-refractivity contribution in [3.8, 4) is 11.8 Å². The number of nitriles is 1. The molecule has 1 N–H and O–H groups in total. The van der Waals surface area contributed by atoms with Gasteiger partial charge in [0.15, 0.2) is 17.1 Å². The minimum Gasteiger partial charge on any atom is -0.482 e. The minimum absolute atomic E-state index is 0.155. The standard InChI is InChI=1S/C25H29N5O2S2/c1-14-9-10-18-19(12-26)24(34-21(18)11-14)27-22(31)13-33-25-29-28-23(30(25)5)17(4)32-20-8-6-7-15(2)16(20)3/h6-8,14,17H,9-11,13H2,1-5H3,(H,27,31). The molecule has 0 radical (unpaired) electrons. The first kappa shape index (κ1) is 24.3. The highest BCUT2D eigenvalue weighted by atomic mass is 32.2. The van der Waals surface area contributed by atoms with Crippen LogP contribution in [0.5, 0.6) is 5.75 Å². The Kier molecular flexibility index (Phi) is 7.29. The van der Waals surface area contributed by atoms with Gasteiger partial charge >= 0.3 is 0 Å². The van der Waals surface area contributed by atoms with E-state index in [4.69, 9.17) is 4.74 Å². The molecule has 0 fully saturated rings. The Morgan fingerprint density at radius 1 is 1.41 bits per heavy atom. The van der Waals surface area contributed by atoms with Crippen molar-refractivity contribution in [1.82, 2.24) is 14.8 Å². The molecule has 9 heteroatoms. The molecule has 0 saturated carbocycles. The number of hydrogen-bond donors (Lipinski definition) is 1. The number of thioether (sulfide) groups is 1. The summed E-state index contributed by atoms with van der Waals surface area (Å²) in [6.45, 7) is 8.26. The van der Waals surface area contributed by atoms with E-state index in [2.05, 4.69) is 41.5 Å². The van der Waals surface area contributed by atoms with Crippen LogP contribution in [0.4, 0.5) is 5.00 Å². The summed E-state index contributed by atoms with van der Waals surface area (Å²) in [6, 6.07) is 8.28. The summed E-state index contributed by atoms with van der Waals surface area (Å²) in [4.78, 5) is 13.9. The van der Waals surface area contributed by atoms with Gasteiger partial charge in [0, 0.05) is 11.9 Å². The van der Waals surface area contributed by atoms with Crippen molar-refractivity contribution < 1.29 is 9.53 Å². The van der Waals surface area contributed by atoms with Gasteiger partial charge < -0.3 is 14.6 Å². The lowest BCUT2D eigenvalue weighted by Gasteiger charge is -2.17. The molecule has 0 saturated heterocycles. The quantitative estimate of drug-likeness (QED) is 0.444. The third kappa shape index (κ3) is 4.98. The van der Waals surface area contributed by atoms with Crippen LogP contribution in [0.3, 0.4) is 0 Å². The summed E-state index contributed by atoms with van der Waals surface area (Å²) in [5.74, 6) is 2.16. The number of amides is 1. The number of nitrogens with one attached hydrogen (secondary N) is 1. The molecule has 2 aromatic heterocycles. The molecule has 0 aliphatic heterocycles. The van der Waals surface area contributed by atoms with E-state index in [9.17, 15) is 10.1 Å². The molecule has 1 aromatic carbocycles. The lowest BCUT2D eigenvalue weighted by molar-refractivity contribution is -0.113. The molecule has 34 heavy (non-hydrogen) atoms. The van der Waals surface area contributed by atoms with E-state index in [0.29, 0.717) is 27.5 Å². The number of nitrogens with zero attached hydrogens (tertiary/aromatic N) is 4. The number of rotatable bonds is 7. The smallest absolute Gasteiger partial charge is 0.235 e. The van der Waals surface area contributed by atoms with Gasteiger partial charge in [-0.15, -0.1) is 21.5 Å². The van der Waals surface area contributed by atoms with Gasteiger partial charge in [-0.1, -0.05) is 30.8 Å². The lowest BCUT2D eigenvalue weighted by Crippen LogP contribution is -2.15. The maximum Gasteiger partial charge on any atom is 0.235 e. The maximum atomic E-state index is 12.7. The van der Waals surface area contributed by atoms with Gasteiger partial charge in [-0.25, -0.2) is 0 Å². The molecule has 3 aromatic rings. The zero-order valence-corrected chi connectivity index (χ0v) is 21.8. The highest BCUT2D eigenvalue weighted by molar-refractivity contribution is 7.99. The average Bonchev–Trinajstić information content (AvgIpc) is 3.34. The second-order valence-corrected chi connectivity index (χ2v) is 10.9. The first-order valence-corrected chi connectivity index (χ1v) is 13.2. The molecule has 2 heterocycles. The van der Waals surface area contributed by atoms with Crippen molar-refractivity contribution in [2.24, 2.45) is 13.0 Å². The number of carbonyl (C=O) groups is 1. The molecule has 0 bridgehead atoms. The van der Waals surface area contributed by atoms with Crippen LogP contribution >= 0.6 is 23.1 Å².